The first-order valence-electron chi connectivity index (χ1n) is 9.60. The molecule has 1 amide bonds. The molecule has 0 fully saturated rings. The zero-order valence-electron chi connectivity index (χ0n) is 17.3. The Kier molecular flexibility index (Phi) is 5.06. The fourth-order valence-corrected chi connectivity index (χ4v) is 3.28. The van der Waals surface area contributed by atoms with Crippen LogP contribution in [0.3, 0.4) is 0 Å². The Morgan fingerprint density at radius 1 is 1.27 bits per heavy atom. The molecule has 156 valence electrons. The molecule has 0 bridgehead atoms. The third-order valence-corrected chi connectivity index (χ3v) is 5.27. The second kappa shape index (κ2) is 7.69. The monoisotopic (exact) mass is 410 g/mol. The van der Waals surface area contributed by atoms with Gasteiger partial charge in [0.2, 0.25) is 17.8 Å². The quantitative estimate of drug-likeness (QED) is 0.622. The molecule has 0 aliphatic carbocycles. The maximum Gasteiger partial charge on any atom is 0.246 e. The molecule has 0 radical (unpaired) electrons. The number of fused-ring (bicyclic) bond motifs is 1. The first kappa shape index (κ1) is 19.7. The van der Waals surface area contributed by atoms with Crippen molar-refractivity contribution < 1.29 is 9.18 Å². The predicted molar refractivity (Wildman–Crippen MR) is 111 cm³/mol. The van der Waals surface area contributed by atoms with Gasteiger partial charge in [-0.1, -0.05) is 0 Å². The van der Waals surface area contributed by atoms with E-state index in [1.807, 2.05) is 38.9 Å². The Morgan fingerprint density at radius 3 is 2.83 bits per heavy atom. The summed E-state index contributed by atoms with van der Waals surface area (Å²) < 4.78 is 15.0. The first-order chi connectivity index (χ1) is 14.3. The van der Waals surface area contributed by atoms with E-state index < -0.39 is 5.95 Å². The van der Waals surface area contributed by atoms with Crippen LogP contribution < -0.4 is 15.5 Å². The average Bonchev–Trinajstić information content (AvgIpc) is 3.15. The molecule has 3 aromatic heterocycles. The summed E-state index contributed by atoms with van der Waals surface area (Å²) in [7, 11) is 1.84. The number of hydrogen-bond donors (Lipinski definition) is 2. The Morgan fingerprint density at radius 2 is 2.07 bits per heavy atom. The predicted octanol–water partition coefficient (Wildman–Crippen LogP) is 2.26. The van der Waals surface area contributed by atoms with Gasteiger partial charge in [0.15, 0.2) is 5.82 Å². The van der Waals surface area contributed by atoms with E-state index in [1.165, 1.54) is 12.3 Å². The number of rotatable bonds is 5. The molecule has 0 spiro atoms. The molecule has 1 aliphatic heterocycles. The number of nitrogens with one attached hydrogen (secondary N) is 2. The molecule has 30 heavy (non-hydrogen) atoms. The third kappa shape index (κ3) is 3.80. The maximum absolute atomic E-state index is 13.2. The fraction of sp³-hybridized carbons (Fsp3) is 0.350. The Labute approximate surface area is 173 Å². The van der Waals surface area contributed by atoms with Gasteiger partial charge in [0.1, 0.15) is 11.7 Å². The van der Waals surface area contributed by atoms with Crippen molar-refractivity contribution in [1.82, 2.24) is 24.7 Å². The van der Waals surface area contributed by atoms with Crippen molar-refractivity contribution >= 4 is 23.4 Å². The van der Waals surface area contributed by atoms with Crippen LogP contribution in [0, 0.1) is 19.8 Å². The third-order valence-electron chi connectivity index (χ3n) is 5.27. The van der Waals surface area contributed by atoms with E-state index in [0.717, 1.165) is 16.7 Å². The van der Waals surface area contributed by atoms with Gasteiger partial charge in [-0.05, 0) is 38.0 Å². The van der Waals surface area contributed by atoms with Crippen LogP contribution in [-0.4, -0.2) is 43.7 Å². The smallest absolute Gasteiger partial charge is 0.246 e. The largest absolute Gasteiger partial charge is 0.350 e. The van der Waals surface area contributed by atoms with Crippen molar-refractivity contribution in [3.63, 3.8) is 0 Å². The molecule has 0 saturated heterocycles. The molecule has 0 aromatic carbocycles. The van der Waals surface area contributed by atoms with Crippen molar-refractivity contribution in [3.05, 3.63) is 53.0 Å². The van der Waals surface area contributed by atoms with Gasteiger partial charge in [0.25, 0.3) is 0 Å². The lowest BCUT2D eigenvalue weighted by atomic mass is 10.1. The van der Waals surface area contributed by atoms with Gasteiger partial charge in [0.05, 0.1) is 18.4 Å². The van der Waals surface area contributed by atoms with Crippen LogP contribution >= 0.6 is 0 Å². The van der Waals surface area contributed by atoms with Gasteiger partial charge in [-0.25, -0.2) is 9.97 Å². The summed E-state index contributed by atoms with van der Waals surface area (Å²) in [5, 5.41) is 10.5. The number of halogens is 1. The lowest BCUT2D eigenvalue weighted by Crippen LogP contribution is -2.44. The Hall–Kier alpha value is -3.56. The normalized spacial score (nSPS) is 15.7. The number of carbonyl (C=O) groups excluding carboxylic acids is 1. The SMILES string of the molecule is Cc1cc(F)ncc1Cn1cc(CNc2nc(C)c3c(n2)N(C)C(C)C(=O)N3)cn1. The Bertz CT molecular complexity index is 1110. The summed E-state index contributed by atoms with van der Waals surface area (Å²) in [5.41, 5.74) is 4.04. The second-order valence-electron chi connectivity index (χ2n) is 7.44. The van der Waals surface area contributed by atoms with E-state index >= 15 is 0 Å². The molecule has 2 N–H and O–H groups in total. The number of carbonyl (C=O) groups is 1. The van der Waals surface area contributed by atoms with Gasteiger partial charge >= 0.3 is 0 Å². The van der Waals surface area contributed by atoms with E-state index in [-0.39, 0.29) is 11.9 Å². The number of aromatic nitrogens is 5. The molecule has 1 aliphatic rings. The molecular formula is C20H23FN8O. The molecule has 1 unspecified atom stereocenters. The zero-order valence-corrected chi connectivity index (χ0v) is 17.3. The van der Waals surface area contributed by atoms with Crippen molar-refractivity contribution in [2.24, 2.45) is 0 Å². The van der Waals surface area contributed by atoms with Crippen molar-refractivity contribution in [1.29, 1.82) is 0 Å². The number of amides is 1. The minimum absolute atomic E-state index is 0.0728. The number of aryl methyl sites for hydroxylation is 2. The summed E-state index contributed by atoms with van der Waals surface area (Å²) in [6, 6.07) is 1.11. The van der Waals surface area contributed by atoms with Crippen LogP contribution in [0.1, 0.15) is 29.3 Å². The summed E-state index contributed by atoms with van der Waals surface area (Å²) >= 11 is 0. The van der Waals surface area contributed by atoms with E-state index in [1.54, 1.807) is 10.9 Å². The number of anilines is 3. The summed E-state index contributed by atoms with van der Waals surface area (Å²) in [6.45, 7) is 6.52. The van der Waals surface area contributed by atoms with E-state index in [4.69, 9.17) is 0 Å². The molecule has 4 heterocycles. The molecule has 10 heteroatoms. The minimum atomic E-state index is -0.485. The topological polar surface area (TPSA) is 101 Å². The number of likely N-dealkylation sites (N-methyl/N-ethyl adjacent to an activating group) is 1. The van der Waals surface area contributed by atoms with Crippen molar-refractivity contribution in [2.75, 3.05) is 22.6 Å². The van der Waals surface area contributed by atoms with Crippen LogP contribution in [0.25, 0.3) is 0 Å². The highest BCUT2D eigenvalue weighted by atomic mass is 19.1. The molecular weight excluding hydrogens is 387 g/mol. The minimum Gasteiger partial charge on any atom is -0.350 e. The number of hydrogen-bond acceptors (Lipinski definition) is 7. The van der Waals surface area contributed by atoms with E-state index in [9.17, 15) is 9.18 Å². The van der Waals surface area contributed by atoms with Gasteiger partial charge in [-0.2, -0.15) is 14.5 Å². The Balaban J connectivity index is 1.46. The first-order valence-corrected chi connectivity index (χ1v) is 9.60. The molecule has 0 saturated carbocycles. The van der Waals surface area contributed by atoms with Gasteiger partial charge < -0.3 is 15.5 Å². The average molecular weight is 410 g/mol. The standard InChI is InChI=1S/C20H23FN8O/c1-11-5-16(21)22-8-15(11)10-29-9-14(7-24-29)6-23-20-25-12(2)17-18(27-20)28(4)13(3)19(30)26-17/h5,7-9,13H,6,10H2,1-4H3,(H,26,30)(H,23,25,27). The summed E-state index contributed by atoms with van der Waals surface area (Å²) in [6.07, 6.45) is 5.21. The van der Waals surface area contributed by atoms with Crippen LogP contribution in [0.2, 0.25) is 0 Å². The molecule has 1 atom stereocenters. The van der Waals surface area contributed by atoms with E-state index in [2.05, 4.69) is 30.7 Å². The maximum atomic E-state index is 13.2. The van der Waals surface area contributed by atoms with Crippen LogP contribution in [0.4, 0.5) is 21.8 Å². The fourth-order valence-electron chi connectivity index (χ4n) is 3.28. The van der Waals surface area contributed by atoms with Crippen molar-refractivity contribution in [3.8, 4) is 0 Å². The summed E-state index contributed by atoms with van der Waals surface area (Å²) in [5.74, 6) is 0.609. The highest BCUT2D eigenvalue weighted by Crippen LogP contribution is 2.32. The zero-order chi connectivity index (χ0) is 21.4. The van der Waals surface area contributed by atoms with Crippen LogP contribution in [-0.2, 0) is 17.9 Å². The van der Waals surface area contributed by atoms with Crippen molar-refractivity contribution in [2.45, 2.75) is 39.9 Å². The van der Waals surface area contributed by atoms with Crippen LogP contribution in [0.5, 0.6) is 0 Å². The van der Waals surface area contributed by atoms with E-state index in [0.29, 0.717) is 36.2 Å². The number of nitrogens with zero attached hydrogens (tertiary/aromatic N) is 6. The van der Waals surface area contributed by atoms with Crippen LogP contribution in [0.15, 0.2) is 24.7 Å². The van der Waals surface area contributed by atoms with Gasteiger partial charge in [0, 0.05) is 31.5 Å². The molecule has 3 aromatic rings. The molecule has 4 rings (SSSR count). The lowest BCUT2D eigenvalue weighted by Gasteiger charge is -2.32. The second-order valence-corrected chi connectivity index (χ2v) is 7.44. The lowest BCUT2D eigenvalue weighted by molar-refractivity contribution is -0.117. The highest BCUT2D eigenvalue weighted by Gasteiger charge is 2.30. The molecule has 9 nitrogen and oxygen atoms in total. The van der Waals surface area contributed by atoms with Gasteiger partial charge in [-0.3, -0.25) is 9.48 Å². The van der Waals surface area contributed by atoms with Gasteiger partial charge in [-0.15, -0.1) is 0 Å². The number of pyridine rings is 1. The summed E-state index contributed by atoms with van der Waals surface area (Å²) in [4.78, 5) is 26.6. The highest BCUT2D eigenvalue weighted by molar-refractivity contribution is 6.03.